The number of hydrogen-bond donors (Lipinski definition) is 4. The molecule has 1 aliphatic heterocycles. The summed E-state index contributed by atoms with van der Waals surface area (Å²) in [5.41, 5.74) is 1.11. The molecule has 0 unspecified atom stereocenters. The fourth-order valence-corrected chi connectivity index (χ4v) is 3.35. The molecule has 10 nitrogen and oxygen atoms in total. The third-order valence-corrected chi connectivity index (χ3v) is 5.27. The summed E-state index contributed by atoms with van der Waals surface area (Å²) in [6.07, 6.45) is 1.43. The number of amides is 4. The first-order chi connectivity index (χ1) is 15.3. The summed E-state index contributed by atoms with van der Waals surface area (Å²) >= 11 is 0. The van der Waals surface area contributed by atoms with E-state index in [4.69, 9.17) is 4.74 Å². The largest absolute Gasteiger partial charge is 0.475 e. The van der Waals surface area contributed by atoms with Crippen molar-refractivity contribution < 1.29 is 29.2 Å². The second-order valence-electron chi connectivity index (χ2n) is 8.00. The Labute approximate surface area is 189 Å². The number of nitrogens with one attached hydrogen (secondary N) is 2. The molecule has 32 heavy (non-hydrogen) atoms. The predicted octanol–water partition coefficient (Wildman–Crippen LogP) is -0.605. The van der Waals surface area contributed by atoms with Crippen molar-refractivity contribution in [2.75, 3.05) is 40.4 Å². The molecule has 1 aromatic rings. The third kappa shape index (κ3) is 8.48. The van der Waals surface area contributed by atoms with Gasteiger partial charge in [-0.2, -0.15) is 0 Å². The van der Waals surface area contributed by atoms with Gasteiger partial charge in [0, 0.05) is 27.2 Å². The van der Waals surface area contributed by atoms with Crippen LogP contribution < -0.4 is 10.6 Å². The molecule has 0 aliphatic carbocycles. The number of nitrogens with zero attached hydrogens (tertiary/aromatic N) is 2. The van der Waals surface area contributed by atoms with Gasteiger partial charge in [0.05, 0.1) is 25.6 Å². The number of benzene rings is 1. The lowest BCUT2D eigenvalue weighted by Crippen LogP contribution is -2.56. The molecule has 2 atom stereocenters. The Balaban J connectivity index is 1.99. The summed E-state index contributed by atoms with van der Waals surface area (Å²) in [6.45, 7) is 1.69. The van der Waals surface area contributed by atoms with Gasteiger partial charge in [0.1, 0.15) is 6.04 Å². The first-order valence-electron chi connectivity index (χ1n) is 10.8. The molecular weight excluding hydrogens is 415 g/mol. The minimum absolute atomic E-state index is 0.232. The van der Waals surface area contributed by atoms with Crippen LogP contribution in [0.4, 0.5) is 4.79 Å². The van der Waals surface area contributed by atoms with Crippen LogP contribution in [0.2, 0.25) is 0 Å². The van der Waals surface area contributed by atoms with Gasteiger partial charge in [-0.05, 0) is 24.8 Å². The van der Waals surface area contributed by atoms with E-state index in [1.807, 2.05) is 30.3 Å². The first-order valence-corrected chi connectivity index (χ1v) is 10.8. The molecule has 1 fully saturated rings. The van der Waals surface area contributed by atoms with Crippen molar-refractivity contribution in [2.24, 2.45) is 0 Å². The highest BCUT2D eigenvalue weighted by Gasteiger charge is 2.32. The zero-order valence-electron chi connectivity index (χ0n) is 18.7. The van der Waals surface area contributed by atoms with Gasteiger partial charge in [-0.15, -0.1) is 0 Å². The lowest BCUT2D eigenvalue weighted by Gasteiger charge is -2.29. The zero-order chi connectivity index (χ0) is 23.5. The van der Waals surface area contributed by atoms with Crippen LogP contribution in [0, 0.1) is 0 Å². The summed E-state index contributed by atoms with van der Waals surface area (Å²) in [4.78, 5) is 40.5. The van der Waals surface area contributed by atoms with Gasteiger partial charge in [-0.25, -0.2) is 4.79 Å². The third-order valence-electron chi connectivity index (χ3n) is 5.27. The Morgan fingerprint density at radius 3 is 2.38 bits per heavy atom. The standard InChI is InChI=1S/C21H33BN4O6/c1-25(2)21(29)23-17(15-19(27)26-11-13-32-14-12-26)20(28)24-18(22(30)31)10-6-9-16-7-4-3-5-8-16/h3-5,7-8,17-18,30-31H,6,9-15H2,1-2H3,(H,23,29)(H,24,28)/t17-,18+/m1/s1. The average Bonchev–Trinajstić information content (AvgIpc) is 2.78. The van der Waals surface area contributed by atoms with Crippen LogP contribution in [-0.4, -0.2) is 97.2 Å². The topological polar surface area (TPSA) is 131 Å². The van der Waals surface area contributed by atoms with Crippen molar-refractivity contribution in [3.05, 3.63) is 35.9 Å². The fourth-order valence-electron chi connectivity index (χ4n) is 3.35. The van der Waals surface area contributed by atoms with Crippen LogP contribution in [0.3, 0.4) is 0 Å². The number of rotatable bonds is 10. The summed E-state index contributed by atoms with van der Waals surface area (Å²) < 4.78 is 5.24. The fraction of sp³-hybridized carbons (Fsp3) is 0.571. The predicted molar refractivity (Wildman–Crippen MR) is 120 cm³/mol. The van der Waals surface area contributed by atoms with Crippen LogP contribution in [0.25, 0.3) is 0 Å². The van der Waals surface area contributed by atoms with E-state index in [1.54, 1.807) is 4.90 Å². The summed E-state index contributed by atoms with van der Waals surface area (Å²) in [7, 11) is 1.28. The summed E-state index contributed by atoms with van der Waals surface area (Å²) in [6, 6.07) is 8.07. The number of urea groups is 1. The number of carbonyl (C=O) groups is 3. The molecule has 4 N–H and O–H groups in total. The second kappa shape index (κ2) is 13.0. The van der Waals surface area contributed by atoms with Gasteiger partial charge >= 0.3 is 13.1 Å². The Hall–Kier alpha value is -2.63. The highest BCUT2D eigenvalue weighted by molar-refractivity contribution is 6.43. The minimum Gasteiger partial charge on any atom is -0.426 e. The lowest BCUT2D eigenvalue weighted by molar-refractivity contribution is -0.138. The maximum Gasteiger partial charge on any atom is 0.475 e. The zero-order valence-corrected chi connectivity index (χ0v) is 18.7. The van der Waals surface area contributed by atoms with Crippen LogP contribution in [0.15, 0.2) is 30.3 Å². The molecule has 1 saturated heterocycles. The number of hydrogen-bond acceptors (Lipinski definition) is 6. The van der Waals surface area contributed by atoms with E-state index in [-0.39, 0.29) is 12.3 Å². The van der Waals surface area contributed by atoms with Gasteiger partial charge in [0.15, 0.2) is 0 Å². The Bertz CT molecular complexity index is 743. The van der Waals surface area contributed by atoms with Gasteiger partial charge in [0.2, 0.25) is 11.8 Å². The summed E-state index contributed by atoms with van der Waals surface area (Å²) in [5, 5.41) is 24.6. The molecule has 4 amide bonds. The smallest absolute Gasteiger partial charge is 0.426 e. The molecule has 2 rings (SSSR count). The average molecular weight is 448 g/mol. The number of ether oxygens (including phenoxy) is 1. The van der Waals surface area contributed by atoms with Crippen LogP contribution in [0.5, 0.6) is 0 Å². The summed E-state index contributed by atoms with van der Waals surface area (Å²) in [5.74, 6) is -1.85. The van der Waals surface area contributed by atoms with E-state index in [0.29, 0.717) is 39.1 Å². The quantitative estimate of drug-likeness (QED) is 0.354. The van der Waals surface area contributed by atoms with E-state index < -0.39 is 31.0 Å². The van der Waals surface area contributed by atoms with E-state index in [9.17, 15) is 24.4 Å². The molecule has 1 aliphatic rings. The van der Waals surface area contributed by atoms with Crippen molar-refractivity contribution in [2.45, 2.75) is 37.7 Å². The van der Waals surface area contributed by atoms with Crippen LogP contribution in [-0.2, 0) is 20.7 Å². The van der Waals surface area contributed by atoms with Crippen molar-refractivity contribution in [1.29, 1.82) is 0 Å². The second-order valence-corrected chi connectivity index (χ2v) is 8.00. The monoisotopic (exact) mass is 448 g/mol. The van der Waals surface area contributed by atoms with Crippen molar-refractivity contribution >= 4 is 25.0 Å². The van der Waals surface area contributed by atoms with E-state index >= 15 is 0 Å². The molecule has 0 saturated carbocycles. The van der Waals surface area contributed by atoms with Crippen molar-refractivity contribution in [3.63, 3.8) is 0 Å². The lowest BCUT2D eigenvalue weighted by atomic mass is 9.76. The highest BCUT2D eigenvalue weighted by atomic mass is 16.5. The maximum absolute atomic E-state index is 12.9. The molecular formula is C21H33BN4O6. The first kappa shape index (κ1) is 25.6. The maximum atomic E-state index is 12.9. The normalized spacial score (nSPS) is 15.4. The molecule has 0 radical (unpaired) electrons. The van der Waals surface area contributed by atoms with Gasteiger partial charge in [-0.3, -0.25) is 9.59 Å². The van der Waals surface area contributed by atoms with Gasteiger partial charge in [-0.1, -0.05) is 30.3 Å². The molecule has 1 heterocycles. The Kier molecular flexibility index (Phi) is 10.4. The molecule has 176 valence electrons. The number of carbonyl (C=O) groups excluding carboxylic acids is 3. The molecule has 0 spiro atoms. The molecule has 1 aromatic carbocycles. The number of aryl methyl sites for hydroxylation is 1. The molecule has 0 bridgehead atoms. The molecule has 0 aromatic heterocycles. The Morgan fingerprint density at radius 2 is 1.78 bits per heavy atom. The number of morpholine rings is 1. The van der Waals surface area contributed by atoms with E-state index in [2.05, 4.69) is 10.6 Å². The molecule has 11 heteroatoms. The van der Waals surface area contributed by atoms with E-state index in [1.165, 1.54) is 19.0 Å². The Morgan fingerprint density at radius 1 is 1.12 bits per heavy atom. The van der Waals surface area contributed by atoms with Gasteiger partial charge < -0.3 is 35.2 Å². The minimum atomic E-state index is -1.77. The van der Waals surface area contributed by atoms with Crippen molar-refractivity contribution in [1.82, 2.24) is 20.4 Å². The SMILES string of the molecule is CN(C)C(=O)N[C@H](CC(=O)N1CCOCC1)C(=O)N[C@@H](CCCc1ccccc1)B(O)O. The highest BCUT2D eigenvalue weighted by Crippen LogP contribution is 2.09. The van der Waals surface area contributed by atoms with Crippen LogP contribution >= 0.6 is 0 Å². The van der Waals surface area contributed by atoms with Gasteiger partial charge in [0.25, 0.3) is 0 Å². The van der Waals surface area contributed by atoms with E-state index in [0.717, 1.165) is 12.0 Å². The van der Waals surface area contributed by atoms with Crippen LogP contribution in [0.1, 0.15) is 24.8 Å². The van der Waals surface area contributed by atoms with Crippen molar-refractivity contribution in [3.8, 4) is 0 Å².